The number of aliphatic hydroxyl groups is 1. The van der Waals surface area contributed by atoms with Gasteiger partial charge in [-0.15, -0.1) is 0 Å². The second kappa shape index (κ2) is 5.56. The van der Waals surface area contributed by atoms with Crippen LogP contribution in [0.2, 0.25) is 0 Å². The molecule has 1 saturated carbocycles. The monoisotopic (exact) mass is 256 g/mol. The Morgan fingerprint density at radius 1 is 1.28 bits per heavy atom. The molecule has 6 nitrogen and oxygen atoms in total. The number of carbonyl (C=O) groups is 2. The largest absolute Gasteiger partial charge is 0.479 e. The van der Waals surface area contributed by atoms with Crippen molar-refractivity contribution in [3.8, 4) is 0 Å². The molecule has 0 aromatic heterocycles. The Kier molecular flexibility index (Phi) is 4.06. The molecule has 1 aliphatic heterocycles. The predicted molar refractivity (Wildman–Crippen MR) is 64.1 cm³/mol. The zero-order chi connectivity index (χ0) is 13.1. The van der Waals surface area contributed by atoms with E-state index in [1.807, 2.05) is 0 Å². The Morgan fingerprint density at radius 3 is 2.72 bits per heavy atom. The lowest BCUT2D eigenvalue weighted by molar-refractivity contribution is -0.146. The highest BCUT2D eigenvalue weighted by Gasteiger charge is 2.38. The second-order valence-electron chi connectivity index (χ2n) is 5.13. The summed E-state index contributed by atoms with van der Waals surface area (Å²) < 4.78 is 0. The lowest BCUT2D eigenvalue weighted by Gasteiger charge is -2.31. The number of nitrogens with zero attached hydrogens (tertiary/aromatic N) is 1. The van der Waals surface area contributed by atoms with E-state index < -0.39 is 12.1 Å². The van der Waals surface area contributed by atoms with E-state index in [1.54, 1.807) is 4.90 Å². The minimum atomic E-state index is -1.53. The number of aliphatic carboxylic acids is 1. The molecule has 2 aliphatic rings. The van der Waals surface area contributed by atoms with Gasteiger partial charge in [0.25, 0.3) is 0 Å². The summed E-state index contributed by atoms with van der Waals surface area (Å²) >= 11 is 0. The Hall–Kier alpha value is -1.30. The van der Waals surface area contributed by atoms with Gasteiger partial charge < -0.3 is 20.4 Å². The Balaban J connectivity index is 1.84. The van der Waals surface area contributed by atoms with E-state index in [9.17, 15) is 9.59 Å². The van der Waals surface area contributed by atoms with Crippen LogP contribution in [0.4, 0.5) is 4.79 Å². The molecule has 2 amide bonds. The fourth-order valence-corrected chi connectivity index (χ4v) is 3.03. The first-order valence-electron chi connectivity index (χ1n) is 6.55. The third-order valence-corrected chi connectivity index (χ3v) is 4.00. The zero-order valence-electron chi connectivity index (χ0n) is 10.3. The molecule has 3 atom stereocenters. The molecule has 0 spiro atoms. The van der Waals surface area contributed by atoms with Crippen LogP contribution >= 0.6 is 0 Å². The number of amides is 2. The van der Waals surface area contributed by atoms with Gasteiger partial charge in [-0.3, -0.25) is 0 Å². The van der Waals surface area contributed by atoms with Crippen LogP contribution < -0.4 is 5.32 Å². The molecule has 0 aromatic carbocycles. The minimum absolute atomic E-state index is 0.234. The third-order valence-electron chi connectivity index (χ3n) is 4.00. The summed E-state index contributed by atoms with van der Waals surface area (Å²) in [6, 6.07) is 0.0606. The van der Waals surface area contributed by atoms with E-state index in [0.717, 1.165) is 25.8 Å². The van der Waals surface area contributed by atoms with Crippen LogP contribution in [-0.2, 0) is 4.79 Å². The zero-order valence-corrected chi connectivity index (χ0v) is 10.3. The van der Waals surface area contributed by atoms with Crippen LogP contribution in [0.15, 0.2) is 0 Å². The van der Waals surface area contributed by atoms with Crippen LogP contribution in [0.25, 0.3) is 0 Å². The van der Waals surface area contributed by atoms with E-state index in [2.05, 4.69) is 5.32 Å². The quantitative estimate of drug-likeness (QED) is 0.682. The summed E-state index contributed by atoms with van der Waals surface area (Å²) in [5.41, 5.74) is 0. The smallest absolute Gasteiger partial charge is 0.334 e. The summed E-state index contributed by atoms with van der Waals surface area (Å²) in [5, 5.41) is 20.1. The number of hydrogen-bond donors (Lipinski definition) is 3. The van der Waals surface area contributed by atoms with Crippen molar-refractivity contribution in [2.24, 2.45) is 5.92 Å². The number of carboxylic acid groups (broad SMARTS) is 1. The van der Waals surface area contributed by atoms with E-state index in [4.69, 9.17) is 10.2 Å². The molecular formula is C12H20N2O4. The van der Waals surface area contributed by atoms with Crippen molar-refractivity contribution in [3.63, 3.8) is 0 Å². The van der Waals surface area contributed by atoms with Crippen molar-refractivity contribution in [2.75, 3.05) is 13.1 Å². The van der Waals surface area contributed by atoms with Gasteiger partial charge in [-0.25, -0.2) is 9.59 Å². The Bertz CT molecular complexity index is 334. The molecule has 102 valence electrons. The number of nitrogens with one attached hydrogen (secondary N) is 1. The molecule has 2 rings (SSSR count). The Morgan fingerprint density at radius 2 is 2.00 bits per heavy atom. The number of fused-ring (bicyclic) bond motifs is 1. The fraction of sp³-hybridized carbons (Fsp3) is 0.833. The van der Waals surface area contributed by atoms with Gasteiger partial charge >= 0.3 is 12.0 Å². The first-order chi connectivity index (χ1) is 8.59. The van der Waals surface area contributed by atoms with Gasteiger partial charge in [-0.2, -0.15) is 0 Å². The van der Waals surface area contributed by atoms with Crippen LogP contribution in [0.1, 0.15) is 32.1 Å². The van der Waals surface area contributed by atoms with Crippen LogP contribution in [0, 0.1) is 5.92 Å². The van der Waals surface area contributed by atoms with Gasteiger partial charge in [0.05, 0.1) is 6.54 Å². The molecular weight excluding hydrogens is 236 g/mol. The molecule has 1 saturated heterocycles. The highest BCUT2D eigenvalue weighted by molar-refractivity contribution is 5.77. The molecule has 0 aromatic rings. The summed E-state index contributed by atoms with van der Waals surface area (Å²) in [6.45, 7) is 0.506. The normalized spacial score (nSPS) is 28.6. The number of likely N-dealkylation sites (tertiary alicyclic amines) is 1. The summed E-state index contributed by atoms with van der Waals surface area (Å²) in [7, 11) is 0. The number of carboxylic acids is 1. The number of aliphatic hydroxyl groups excluding tert-OH is 1. The predicted octanol–water partition coefficient (Wildman–Crippen LogP) is 0.406. The van der Waals surface area contributed by atoms with Gasteiger partial charge in [0.15, 0.2) is 6.10 Å². The standard InChI is InChI=1S/C12H20N2O4/c15-10(11(16)17)7-13-12(18)14-6-5-8-3-1-2-4-9(8)14/h8-10,15H,1-7H2,(H,13,18)(H,16,17)/t8?,9?,10-/m0/s1. The average Bonchev–Trinajstić information content (AvgIpc) is 2.79. The summed E-state index contributed by atoms with van der Waals surface area (Å²) in [6.07, 6.45) is 4.14. The van der Waals surface area contributed by atoms with Gasteiger partial charge in [0.1, 0.15) is 0 Å². The highest BCUT2D eigenvalue weighted by atomic mass is 16.4. The summed E-state index contributed by atoms with van der Waals surface area (Å²) in [4.78, 5) is 24.2. The maximum Gasteiger partial charge on any atom is 0.334 e. The fourth-order valence-electron chi connectivity index (χ4n) is 3.03. The molecule has 18 heavy (non-hydrogen) atoms. The van der Waals surface area contributed by atoms with Crippen molar-refractivity contribution >= 4 is 12.0 Å². The SMILES string of the molecule is O=C(O)[C@@H](O)CNC(=O)N1CCC2CCCCC21. The van der Waals surface area contributed by atoms with Crippen molar-refractivity contribution < 1.29 is 19.8 Å². The lowest BCUT2D eigenvalue weighted by Crippen LogP contribution is -2.47. The van der Waals surface area contributed by atoms with Gasteiger partial charge in [-0.1, -0.05) is 12.8 Å². The first-order valence-corrected chi connectivity index (χ1v) is 6.55. The molecule has 2 fully saturated rings. The van der Waals surface area contributed by atoms with Gasteiger partial charge in [0, 0.05) is 12.6 Å². The average molecular weight is 256 g/mol. The van der Waals surface area contributed by atoms with Gasteiger partial charge in [-0.05, 0) is 25.2 Å². The maximum atomic E-state index is 11.9. The number of rotatable bonds is 3. The molecule has 2 unspecified atom stereocenters. The van der Waals surface area contributed by atoms with E-state index in [1.165, 1.54) is 12.8 Å². The third kappa shape index (κ3) is 2.75. The number of hydrogen-bond acceptors (Lipinski definition) is 3. The van der Waals surface area contributed by atoms with E-state index in [-0.39, 0.29) is 12.6 Å². The van der Waals surface area contributed by atoms with Crippen LogP contribution in [0.3, 0.4) is 0 Å². The first kappa shape index (κ1) is 13.1. The second-order valence-corrected chi connectivity index (χ2v) is 5.13. The van der Waals surface area contributed by atoms with Gasteiger partial charge in [0.2, 0.25) is 0 Å². The van der Waals surface area contributed by atoms with E-state index >= 15 is 0 Å². The van der Waals surface area contributed by atoms with Crippen molar-refractivity contribution in [1.82, 2.24) is 10.2 Å². The molecule has 1 heterocycles. The topological polar surface area (TPSA) is 89.9 Å². The molecule has 0 bridgehead atoms. The summed E-state index contributed by atoms with van der Waals surface area (Å²) in [5.74, 6) is -0.707. The Labute approximate surface area is 106 Å². The van der Waals surface area contributed by atoms with Crippen LogP contribution in [-0.4, -0.2) is 52.3 Å². The minimum Gasteiger partial charge on any atom is -0.479 e. The lowest BCUT2D eigenvalue weighted by atomic mass is 9.85. The van der Waals surface area contributed by atoms with Crippen LogP contribution in [0.5, 0.6) is 0 Å². The molecule has 6 heteroatoms. The maximum absolute atomic E-state index is 11.9. The number of urea groups is 1. The van der Waals surface area contributed by atoms with Crippen molar-refractivity contribution in [2.45, 2.75) is 44.2 Å². The van der Waals surface area contributed by atoms with Crippen molar-refractivity contribution in [3.05, 3.63) is 0 Å². The van der Waals surface area contributed by atoms with E-state index in [0.29, 0.717) is 12.0 Å². The van der Waals surface area contributed by atoms with Crippen molar-refractivity contribution in [1.29, 1.82) is 0 Å². The molecule has 1 aliphatic carbocycles. The number of carbonyl (C=O) groups excluding carboxylic acids is 1. The highest BCUT2D eigenvalue weighted by Crippen LogP contribution is 2.35. The molecule has 0 radical (unpaired) electrons. The molecule has 3 N–H and O–H groups in total.